The predicted octanol–water partition coefficient (Wildman–Crippen LogP) is 2.10. The average Bonchev–Trinajstić information content (AvgIpc) is 2.11. The van der Waals surface area contributed by atoms with Crippen molar-refractivity contribution in [3.63, 3.8) is 0 Å². The maximum absolute atomic E-state index is 13.2. The van der Waals surface area contributed by atoms with Gasteiger partial charge >= 0.3 is 6.03 Å². The molecule has 5 heteroatoms. The Balaban J connectivity index is 2.85. The summed E-state index contributed by atoms with van der Waals surface area (Å²) < 4.78 is 14.0. The van der Waals surface area contributed by atoms with Gasteiger partial charge < -0.3 is 10.6 Å². The van der Waals surface area contributed by atoms with E-state index in [0.717, 1.165) is 4.47 Å². The van der Waals surface area contributed by atoms with Gasteiger partial charge in [0.25, 0.3) is 0 Å². The molecule has 2 amide bonds. The van der Waals surface area contributed by atoms with Crippen LogP contribution in [-0.4, -0.2) is 18.0 Å². The zero-order valence-electron chi connectivity index (χ0n) is 7.63. The molecule has 1 aromatic carbocycles. The molecule has 1 aromatic rings. The molecule has 2 N–H and O–H groups in total. The van der Waals surface area contributed by atoms with Gasteiger partial charge in [-0.2, -0.15) is 0 Å². The summed E-state index contributed by atoms with van der Waals surface area (Å²) in [5, 5.41) is 0. The van der Waals surface area contributed by atoms with E-state index in [2.05, 4.69) is 15.9 Å². The molecule has 0 aromatic heterocycles. The predicted molar refractivity (Wildman–Crippen MR) is 55.2 cm³/mol. The number of halogens is 2. The number of hydrogen-bond acceptors (Lipinski definition) is 1. The molecule has 0 aliphatic rings. The van der Waals surface area contributed by atoms with Gasteiger partial charge in [-0.05, 0) is 18.2 Å². The smallest absolute Gasteiger partial charge is 0.314 e. The topological polar surface area (TPSA) is 46.3 Å². The number of rotatable bonds is 2. The molecule has 1 rings (SSSR count). The molecule has 14 heavy (non-hydrogen) atoms. The summed E-state index contributed by atoms with van der Waals surface area (Å²) in [5.74, 6) is -0.346. The first-order valence-corrected chi connectivity index (χ1v) is 4.74. The molecule has 0 aliphatic heterocycles. The summed E-state index contributed by atoms with van der Waals surface area (Å²) in [6.45, 7) is 0.167. The second-order valence-corrected chi connectivity index (χ2v) is 3.85. The van der Waals surface area contributed by atoms with Crippen LogP contribution in [0.15, 0.2) is 22.7 Å². The van der Waals surface area contributed by atoms with Crippen LogP contribution in [0.25, 0.3) is 0 Å². The summed E-state index contributed by atoms with van der Waals surface area (Å²) in [7, 11) is 1.52. The van der Waals surface area contributed by atoms with E-state index in [-0.39, 0.29) is 12.4 Å². The number of nitrogens with zero attached hydrogens (tertiary/aromatic N) is 1. The fraction of sp³-hybridized carbons (Fsp3) is 0.222. The van der Waals surface area contributed by atoms with Crippen LogP contribution in [0, 0.1) is 5.82 Å². The van der Waals surface area contributed by atoms with Crippen molar-refractivity contribution in [1.82, 2.24) is 4.90 Å². The lowest BCUT2D eigenvalue weighted by Gasteiger charge is -2.14. The molecular weight excluding hydrogens is 251 g/mol. The first-order valence-electron chi connectivity index (χ1n) is 3.95. The van der Waals surface area contributed by atoms with Crippen LogP contribution < -0.4 is 5.73 Å². The molecule has 0 saturated carbocycles. The molecule has 3 nitrogen and oxygen atoms in total. The Kier molecular flexibility index (Phi) is 3.46. The van der Waals surface area contributed by atoms with Crippen molar-refractivity contribution < 1.29 is 9.18 Å². The molecule has 0 spiro atoms. The quantitative estimate of drug-likeness (QED) is 0.870. The van der Waals surface area contributed by atoms with Gasteiger partial charge in [0.15, 0.2) is 0 Å². The molecule has 0 fully saturated rings. The number of urea groups is 1. The third-order valence-corrected chi connectivity index (χ3v) is 2.28. The Morgan fingerprint density at radius 3 is 2.86 bits per heavy atom. The Morgan fingerprint density at radius 1 is 1.64 bits per heavy atom. The van der Waals surface area contributed by atoms with E-state index in [4.69, 9.17) is 5.73 Å². The third-order valence-electron chi connectivity index (χ3n) is 1.79. The van der Waals surface area contributed by atoms with Crippen molar-refractivity contribution in [3.05, 3.63) is 34.1 Å². The van der Waals surface area contributed by atoms with Crippen LogP contribution >= 0.6 is 15.9 Å². The zero-order chi connectivity index (χ0) is 10.7. The summed E-state index contributed by atoms with van der Waals surface area (Å²) in [5.41, 5.74) is 5.46. The lowest BCUT2D eigenvalue weighted by Crippen LogP contribution is -2.31. The normalized spacial score (nSPS) is 9.93. The third kappa shape index (κ3) is 2.70. The summed E-state index contributed by atoms with van der Waals surface area (Å²) >= 11 is 3.22. The zero-order valence-corrected chi connectivity index (χ0v) is 9.21. The van der Waals surface area contributed by atoms with E-state index in [1.807, 2.05) is 0 Å². The van der Waals surface area contributed by atoms with Crippen molar-refractivity contribution in [2.24, 2.45) is 5.73 Å². The minimum absolute atomic E-state index is 0.167. The van der Waals surface area contributed by atoms with Crippen LogP contribution in [0.2, 0.25) is 0 Å². The minimum atomic E-state index is -0.579. The SMILES string of the molecule is CN(Cc1cc(Br)ccc1F)C(N)=O. The number of carbonyl (C=O) groups excluding carboxylic acids is 1. The fourth-order valence-corrected chi connectivity index (χ4v) is 1.41. The Hall–Kier alpha value is -1.10. The van der Waals surface area contributed by atoms with Gasteiger partial charge in [-0.1, -0.05) is 15.9 Å². The molecular formula is C9H10BrFN2O. The molecule has 0 saturated heterocycles. The van der Waals surface area contributed by atoms with E-state index in [9.17, 15) is 9.18 Å². The molecule has 0 unspecified atom stereocenters. The van der Waals surface area contributed by atoms with E-state index in [1.165, 1.54) is 18.0 Å². The monoisotopic (exact) mass is 260 g/mol. The van der Waals surface area contributed by atoms with Gasteiger partial charge in [0.05, 0.1) is 0 Å². The fourth-order valence-electron chi connectivity index (χ4n) is 0.998. The van der Waals surface area contributed by atoms with E-state index < -0.39 is 6.03 Å². The number of carbonyl (C=O) groups is 1. The number of nitrogens with two attached hydrogens (primary N) is 1. The molecule has 0 aliphatic carbocycles. The lowest BCUT2D eigenvalue weighted by atomic mass is 10.2. The Labute approximate surface area is 89.8 Å². The second kappa shape index (κ2) is 4.41. The first kappa shape index (κ1) is 11.0. The Morgan fingerprint density at radius 2 is 2.29 bits per heavy atom. The van der Waals surface area contributed by atoms with Gasteiger partial charge in [-0.25, -0.2) is 9.18 Å². The van der Waals surface area contributed by atoms with Crippen LogP contribution in [0.3, 0.4) is 0 Å². The highest BCUT2D eigenvalue weighted by atomic mass is 79.9. The van der Waals surface area contributed by atoms with Gasteiger partial charge in [0, 0.05) is 23.6 Å². The number of benzene rings is 1. The molecule has 0 atom stereocenters. The highest BCUT2D eigenvalue weighted by Gasteiger charge is 2.08. The highest BCUT2D eigenvalue weighted by molar-refractivity contribution is 9.10. The van der Waals surface area contributed by atoms with Gasteiger partial charge in [0.1, 0.15) is 5.82 Å². The minimum Gasteiger partial charge on any atom is -0.351 e. The molecule has 0 radical (unpaired) electrons. The van der Waals surface area contributed by atoms with Gasteiger partial charge in [0.2, 0.25) is 0 Å². The maximum atomic E-state index is 13.2. The van der Waals surface area contributed by atoms with Crippen molar-refractivity contribution in [3.8, 4) is 0 Å². The van der Waals surface area contributed by atoms with Crippen LogP contribution in [0.4, 0.5) is 9.18 Å². The molecule has 76 valence electrons. The van der Waals surface area contributed by atoms with Crippen molar-refractivity contribution in [1.29, 1.82) is 0 Å². The van der Waals surface area contributed by atoms with Gasteiger partial charge in [-0.15, -0.1) is 0 Å². The largest absolute Gasteiger partial charge is 0.351 e. The van der Waals surface area contributed by atoms with E-state index in [1.54, 1.807) is 12.1 Å². The summed E-state index contributed by atoms with van der Waals surface area (Å²) in [6, 6.07) is 3.98. The van der Waals surface area contributed by atoms with Crippen LogP contribution in [0.1, 0.15) is 5.56 Å². The van der Waals surface area contributed by atoms with Crippen molar-refractivity contribution in [2.75, 3.05) is 7.05 Å². The molecule has 0 heterocycles. The number of amides is 2. The maximum Gasteiger partial charge on any atom is 0.314 e. The van der Waals surface area contributed by atoms with Gasteiger partial charge in [-0.3, -0.25) is 0 Å². The average molecular weight is 261 g/mol. The molecule has 0 bridgehead atoms. The summed E-state index contributed by atoms with van der Waals surface area (Å²) in [6.07, 6.45) is 0. The lowest BCUT2D eigenvalue weighted by molar-refractivity contribution is 0.216. The number of primary amides is 1. The highest BCUT2D eigenvalue weighted by Crippen LogP contribution is 2.16. The van der Waals surface area contributed by atoms with Crippen LogP contribution in [-0.2, 0) is 6.54 Å². The van der Waals surface area contributed by atoms with E-state index >= 15 is 0 Å². The number of hydrogen-bond donors (Lipinski definition) is 1. The van der Waals surface area contributed by atoms with Crippen molar-refractivity contribution in [2.45, 2.75) is 6.54 Å². The second-order valence-electron chi connectivity index (χ2n) is 2.93. The van der Waals surface area contributed by atoms with E-state index in [0.29, 0.717) is 5.56 Å². The standard InChI is InChI=1S/C9H10BrFN2O/c1-13(9(12)14)5-6-4-7(10)2-3-8(6)11/h2-4H,5H2,1H3,(H2,12,14). The Bertz CT molecular complexity index is 357. The first-order chi connectivity index (χ1) is 6.50. The summed E-state index contributed by atoms with van der Waals surface area (Å²) in [4.78, 5) is 12.0. The van der Waals surface area contributed by atoms with Crippen molar-refractivity contribution >= 4 is 22.0 Å². The van der Waals surface area contributed by atoms with Crippen LogP contribution in [0.5, 0.6) is 0 Å².